The van der Waals surface area contributed by atoms with E-state index in [1.807, 2.05) is 6.92 Å². The lowest BCUT2D eigenvalue weighted by Gasteiger charge is -2.06. The van der Waals surface area contributed by atoms with E-state index in [9.17, 15) is 14.9 Å². The van der Waals surface area contributed by atoms with Crippen molar-refractivity contribution in [3.05, 3.63) is 76.5 Å². The second-order valence-corrected chi connectivity index (χ2v) is 5.38. The molecule has 0 saturated heterocycles. The summed E-state index contributed by atoms with van der Waals surface area (Å²) in [7, 11) is 0. The largest absolute Gasteiger partial charge is 0.494 e. The van der Waals surface area contributed by atoms with Crippen LogP contribution < -0.4 is 10.1 Å². The molecule has 0 aliphatic carbocycles. The summed E-state index contributed by atoms with van der Waals surface area (Å²) in [6.45, 7) is 2.47. The lowest BCUT2D eigenvalue weighted by Crippen LogP contribution is -2.10. The number of rotatable bonds is 6. The first-order valence-corrected chi connectivity index (χ1v) is 7.95. The van der Waals surface area contributed by atoms with Gasteiger partial charge in [-0.25, -0.2) is 0 Å². The molecule has 1 N–H and O–H groups in total. The Morgan fingerprint density at radius 1 is 1.08 bits per heavy atom. The molecule has 7 nitrogen and oxygen atoms in total. The van der Waals surface area contributed by atoms with Gasteiger partial charge in [0.1, 0.15) is 11.5 Å². The van der Waals surface area contributed by atoms with E-state index < -0.39 is 4.92 Å². The summed E-state index contributed by atoms with van der Waals surface area (Å²) in [4.78, 5) is 22.5. The van der Waals surface area contributed by atoms with E-state index in [4.69, 9.17) is 9.15 Å². The van der Waals surface area contributed by atoms with Crippen LogP contribution in [-0.4, -0.2) is 17.4 Å². The average molecular weight is 352 g/mol. The van der Waals surface area contributed by atoms with Crippen LogP contribution in [0.3, 0.4) is 0 Å². The van der Waals surface area contributed by atoms with Crippen LogP contribution in [0.25, 0.3) is 11.3 Å². The van der Waals surface area contributed by atoms with E-state index in [1.165, 1.54) is 12.1 Å². The van der Waals surface area contributed by atoms with Crippen LogP contribution in [0.5, 0.6) is 5.75 Å². The van der Waals surface area contributed by atoms with Crippen molar-refractivity contribution in [2.24, 2.45) is 0 Å². The standard InChI is InChI=1S/C19H16N2O5/c1-2-25-16-9-5-14(6-10-16)20-19(22)18-12-11-17(26-18)13-3-7-15(8-4-13)21(23)24/h3-12H,2H2,1H3,(H,20,22). The van der Waals surface area contributed by atoms with Gasteiger partial charge in [0.2, 0.25) is 0 Å². The van der Waals surface area contributed by atoms with Gasteiger partial charge in [-0.15, -0.1) is 0 Å². The van der Waals surface area contributed by atoms with E-state index in [1.54, 1.807) is 48.5 Å². The van der Waals surface area contributed by atoms with Gasteiger partial charge < -0.3 is 14.5 Å². The molecule has 1 aromatic heterocycles. The van der Waals surface area contributed by atoms with Crippen LogP contribution >= 0.6 is 0 Å². The van der Waals surface area contributed by atoms with Crippen molar-refractivity contribution >= 4 is 17.3 Å². The topological polar surface area (TPSA) is 94.6 Å². The van der Waals surface area contributed by atoms with Gasteiger partial charge in [-0.1, -0.05) is 0 Å². The molecule has 0 radical (unpaired) electrons. The SMILES string of the molecule is CCOc1ccc(NC(=O)c2ccc(-c3ccc([N+](=O)[O-])cc3)o2)cc1. The van der Waals surface area contributed by atoms with Crippen molar-refractivity contribution in [1.29, 1.82) is 0 Å². The Morgan fingerprint density at radius 3 is 2.38 bits per heavy atom. The number of nitrogens with zero attached hydrogens (tertiary/aromatic N) is 1. The Kier molecular flexibility index (Phi) is 4.98. The van der Waals surface area contributed by atoms with Crippen LogP contribution in [0.15, 0.2) is 65.1 Å². The molecule has 3 aromatic rings. The molecule has 0 atom stereocenters. The summed E-state index contributed by atoms with van der Waals surface area (Å²) in [6.07, 6.45) is 0. The summed E-state index contributed by atoms with van der Waals surface area (Å²) < 4.78 is 10.9. The number of non-ortho nitro benzene ring substituents is 1. The highest BCUT2D eigenvalue weighted by Crippen LogP contribution is 2.25. The third-order valence-electron chi connectivity index (χ3n) is 3.62. The van der Waals surface area contributed by atoms with E-state index in [2.05, 4.69) is 5.32 Å². The number of nitro groups is 1. The molecule has 0 fully saturated rings. The summed E-state index contributed by atoms with van der Waals surface area (Å²) >= 11 is 0. The Bertz CT molecular complexity index is 914. The molecule has 1 amide bonds. The van der Waals surface area contributed by atoms with E-state index in [0.29, 0.717) is 23.6 Å². The molecule has 26 heavy (non-hydrogen) atoms. The number of furan rings is 1. The van der Waals surface area contributed by atoms with Crippen LogP contribution in [0.1, 0.15) is 17.5 Å². The molecule has 1 heterocycles. The van der Waals surface area contributed by atoms with Crippen molar-refractivity contribution < 1.29 is 18.9 Å². The average Bonchev–Trinajstić information content (AvgIpc) is 3.14. The first kappa shape index (κ1) is 17.2. The second-order valence-electron chi connectivity index (χ2n) is 5.38. The van der Waals surface area contributed by atoms with Gasteiger partial charge in [-0.05, 0) is 55.5 Å². The molecule has 0 spiro atoms. The first-order chi connectivity index (χ1) is 12.6. The van der Waals surface area contributed by atoms with Crippen molar-refractivity contribution in [2.75, 3.05) is 11.9 Å². The van der Waals surface area contributed by atoms with Crippen LogP contribution in [0.4, 0.5) is 11.4 Å². The van der Waals surface area contributed by atoms with Gasteiger partial charge in [0.25, 0.3) is 11.6 Å². The number of hydrogen-bond acceptors (Lipinski definition) is 5. The number of nitro benzene ring substituents is 1. The number of benzene rings is 2. The van der Waals surface area contributed by atoms with Crippen molar-refractivity contribution in [3.63, 3.8) is 0 Å². The summed E-state index contributed by atoms with van der Waals surface area (Å²) in [6, 6.07) is 16.1. The summed E-state index contributed by atoms with van der Waals surface area (Å²) in [5.41, 5.74) is 1.26. The molecule has 132 valence electrons. The molecule has 0 aliphatic heterocycles. The van der Waals surface area contributed by atoms with E-state index >= 15 is 0 Å². The minimum Gasteiger partial charge on any atom is -0.494 e. The predicted molar refractivity (Wildman–Crippen MR) is 96.4 cm³/mol. The molecule has 2 aromatic carbocycles. The first-order valence-electron chi connectivity index (χ1n) is 7.95. The van der Waals surface area contributed by atoms with Gasteiger partial charge in [0, 0.05) is 23.4 Å². The smallest absolute Gasteiger partial charge is 0.291 e. The van der Waals surface area contributed by atoms with Crippen LogP contribution in [0, 0.1) is 10.1 Å². The zero-order valence-corrected chi connectivity index (χ0v) is 14.0. The molecule has 0 bridgehead atoms. The maximum Gasteiger partial charge on any atom is 0.291 e. The number of carbonyl (C=O) groups is 1. The highest BCUT2D eigenvalue weighted by molar-refractivity contribution is 6.02. The number of nitrogens with one attached hydrogen (secondary N) is 1. The number of hydrogen-bond donors (Lipinski definition) is 1. The minimum absolute atomic E-state index is 0.00577. The maximum absolute atomic E-state index is 12.3. The molecule has 7 heteroatoms. The summed E-state index contributed by atoms with van der Waals surface area (Å²) in [5.74, 6) is 0.940. The Hall–Kier alpha value is -3.61. The van der Waals surface area contributed by atoms with Gasteiger partial charge in [0.15, 0.2) is 5.76 Å². The molecular formula is C19H16N2O5. The monoisotopic (exact) mass is 352 g/mol. The fourth-order valence-electron chi connectivity index (χ4n) is 2.36. The van der Waals surface area contributed by atoms with Gasteiger partial charge >= 0.3 is 0 Å². The number of anilines is 1. The highest BCUT2D eigenvalue weighted by atomic mass is 16.6. The van der Waals surface area contributed by atoms with Crippen molar-refractivity contribution in [1.82, 2.24) is 0 Å². The van der Waals surface area contributed by atoms with Gasteiger partial charge in [-0.3, -0.25) is 14.9 Å². The normalized spacial score (nSPS) is 10.3. The Morgan fingerprint density at radius 2 is 1.77 bits per heavy atom. The third kappa shape index (κ3) is 3.89. The second kappa shape index (κ2) is 7.52. The van der Waals surface area contributed by atoms with Gasteiger partial charge in [-0.2, -0.15) is 0 Å². The van der Waals surface area contributed by atoms with Crippen LogP contribution in [-0.2, 0) is 0 Å². The number of amides is 1. The fourth-order valence-corrected chi connectivity index (χ4v) is 2.36. The number of ether oxygens (including phenoxy) is 1. The fraction of sp³-hybridized carbons (Fsp3) is 0.105. The lowest BCUT2D eigenvalue weighted by molar-refractivity contribution is -0.384. The third-order valence-corrected chi connectivity index (χ3v) is 3.62. The zero-order valence-electron chi connectivity index (χ0n) is 14.0. The maximum atomic E-state index is 12.3. The lowest BCUT2D eigenvalue weighted by atomic mass is 10.1. The van der Waals surface area contributed by atoms with Crippen molar-refractivity contribution in [3.8, 4) is 17.1 Å². The summed E-state index contributed by atoms with van der Waals surface area (Å²) in [5, 5.41) is 13.4. The zero-order chi connectivity index (χ0) is 18.5. The van der Waals surface area contributed by atoms with E-state index in [0.717, 1.165) is 5.75 Å². The highest BCUT2D eigenvalue weighted by Gasteiger charge is 2.13. The molecule has 0 saturated carbocycles. The molecular weight excluding hydrogens is 336 g/mol. The Balaban J connectivity index is 1.70. The predicted octanol–water partition coefficient (Wildman–Crippen LogP) is 4.51. The Labute approximate surface area is 149 Å². The molecule has 0 aliphatic rings. The quantitative estimate of drug-likeness (QED) is 0.520. The minimum atomic E-state index is -0.471. The molecule has 0 unspecified atom stereocenters. The molecule has 3 rings (SSSR count). The van der Waals surface area contributed by atoms with Crippen LogP contribution in [0.2, 0.25) is 0 Å². The van der Waals surface area contributed by atoms with Gasteiger partial charge in [0.05, 0.1) is 11.5 Å². The van der Waals surface area contributed by atoms with Crippen molar-refractivity contribution in [2.45, 2.75) is 6.92 Å². The van der Waals surface area contributed by atoms with E-state index in [-0.39, 0.29) is 17.4 Å². The number of carbonyl (C=O) groups excluding carboxylic acids is 1.